The molecule has 0 radical (unpaired) electrons. The van der Waals surface area contributed by atoms with Gasteiger partial charge in [-0.05, 0) is 56.4 Å². The van der Waals surface area contributed by atoms with Crippen molar-refractivity contribution in [3.05, 3.63) is 29.8 Å². The Kier molecular flexibility index (Phi) is 7.99. The maximum Gasteiger partial charge on any atom is 0.119 e. The van der Waals surface area contributed by atoms with E-state index in [-0.39, 0.29) is 0 Å². The van der Waals surface area contributed by atoms with Crippen molar-refractivity contribution in [3.8, 4) is 5.75 Å². The standard InChI is InChI=1S/C16H27NOS/c1-5-11-18-16-8-6-15(7-9-16)14(3)17-13(2)10-12-19-4/h6-9,13-14,17H,5,10-12H2,1-4H3. The minimum atomic E-state index is 0.386. The summed E-state index contributed by atoms with van der Waals surface area (Å²) < 4.78 is 5.60. The van der Waals surface area contributed by atoms with E-state index in [1.807, 2.05) is 11.8 Å². The van der Waals surface area contributed by atoms with Crippen molar-refractivity contribution in [2.45, 2.75) is 45.7 Å². The lowest BCUT2D eigenvalue weighted by Gasteiger charge is -2.20. The van der Waals surface area contributed by atoms with E-state index in [2.05, 4.69) is 56.6 Å². The van der Waals surface area contributed by atoms with E-state index in [1.54, 1.807) is 0 Å². The van der Waals surface area contributed by atoms with Crippen LogP contribution in [-0.2, 0) is 0 Å². The Morgan fingerprint density at radius 3 is 2.47 bits per heavy atom. The highest BCUT2D eigenvalue weighted by Gasteiger charge is 2.09. The average Bonchev–Trinajstić information content (AvgIpc) is 2.43. The van der Waals surface area contributed by atoms with E-state index in [0.29, 0.717) is 12.1 Å². The number of nitrogens with one attached hydrogen (secondary N) is 1. The molecule has 1 rings (SSSR count). The Morgan fingerprint density at radius 2 is 1.89 bits per heavy atom. The number of hydrogen-bond donors (Lipinski definition) is 1. The van der Waals surface area contributed by atoms with Gasteiger partial charge in [-0.2, -0.15) is 11.8 Å². The Bertz CT molecular complexity index is 339. The summed E-state index contributed by atoms with van der Waals surface area (Å²) in [7, 11) is 0. The van der Waals surface area contributed by atoms with Gasteiger partial charge in [-0.25, -0.2) is 0 Å². The van der Waals surface area contributed by atoms with E-state index < -0.39 is 0 Å². The summed E-state index contributed by atoms with van der Waals surface area (Å²) in [5.74, 6) is 2.18. The molecule has 19 heavy (non-hydrogen) atoms. The molecule has 0 bridgehead atoms. The van der Waals surface area contributed by atoms with Gasteiger partial charge in [-0.1, -0.05) is 19.1 Å². The number of ether oxygens (including phenoxy) is 1. The van der Waals surface area contributed by atoms with Crippen LogP contribution in [0.1, 0.15) is 45.2 Å². The summed E-state index contributed by atoms with van der Waals surface area (Å²) in [5, 5.41) is 3.64. The Labute approximate surface area is 122 Å². The van der Waals surface area contributed by atoms with Gasteiger partial charge in [0.1, 0.15) is 5.75 Å². The lowest BCUT2D eigenvalue weighted by atomic mass is 10.1. The van der Waals surface area contributed by atoms with Crippen LogP contribution in [0.4, 0.5) is 0 Å². The monoisotopic (exact) mass is 281 g/mol. The molecule has 0 saturated carbocycles. The van der Waals surface area contributed by atoms with Gasteiger partial charge in [0.2, 0.25) is 0 Å². The van der Waals surface area contributed by atoms with Gasteiger partial charge in [0.15, 0.2) is 0 Å². The minimum absolute atomic E-state index is 0.386. The summed E-state index contributed by atoms with van der Waals surface area (Å²) in [6.45, 7) is 7.39. The second-order valence-electron chi connectivity index (χ2n) is 4.99. The molecule has 1 aromatic rings. The maximum absolute atomic E-state index is 5.60. The predicted octanol–water partition coefficient (Wildman–Crippen LogP) is 4.27. The van der Waals surface area contributed by atoms with Gasteiger partial charge in [-0.3, -0.25) is 0 Å². The predicted molar refractivity (Wildman–Crippen MR) is 86.2 cm³/mol. The smallest absolute Gasteiger partial charge is 0.119 e. The normalized spacial score (nSPS) is 14.1. The number of rotatable bonds is 9. The van der Waals surface area contributed by atoms with Crippen LogP contribution in [0.3, 0.4) is 0 Å². The van der Waals surface area contributed by atoms with Gasteiger partial charge < -0.3 is 10.1 Å². The number of hydrogen-bond acceptors (Lipinski definition) is 3. The third-order valence-corrected chi connectivity index (χ3v) is 3.79. The molecule has 0 saturated heterocycles. The third-order valence-electron chi connectivity index (χ3n) is 3.14. The molecule has 0 aliphatic carbocycles. The van der Waals surface area contributed by atoms with E-state index >= 15 is 0 Å². The van der Waals surface area contributed by atoms with Crippen molar-refractivity contribution in [1.29, 1.82) is 0 Å². The molecule has 3 heteroatoms. The lowest BCUT2D eigenvalue weighted by Crippen LogP contribution is -2.29. The van der Waals surface area contributed by atoms with Crippen LogP contribution < -0.4 is 10.1 Å². The van der Waals surface area contributed by atoms with Crippen molar-refractivity contribution >= 4 is 11.8 Å². The Balaban J connectivity index is 2.45. The second-order valence-corrected chi connectivity index (χ2v) is 5.97. The molecule has 0 amide bonds. The molecule has 108 valence electrons. The molecule has 0 spiro atoms. The highest BCUT2D eigenvalue weighted by molar-refractivity contribution is 7.98. The van der Waals surface area contributed by atoms with Gasteiger partial charge in [-0.15, -0.1) is 0 Å². The highest BCUT2D eigenvalue weighted by Crippen LogP contribution is 2.18. The summed E-state index contributed by atoms with van der Waals surface area (Å²) in [4.78, 5) is 0. The fourth-order valence-electron chi connectivity index (χ4n) is 1.97. The Hall–Kier alpha value is -0.670. The van der Waals surface area contributed by atoms with Crippen LogP contribution >= 0.6 is 11.8 Å². The van der Waals surface area contributed by atoms with Crippen LogP contribution in [-0.4, -0.2) is 24.7 Å². The van der Waals surface area contributed by atoms with Gasteiger partial charge in [0, 0.05) is 12.1 Å². The zero-order chi connectivity index (χ0) is 14.1. The Morgan fingerprint density at radius 1 is 1.21 bits per heavy atom. The highest BCUT2D eigenvalue weighted by atomic mass is 32.2. The first kappa shape index (κ1) is 16.4. The van der Waals surface area contributed by atoms with Crippen LogP contribution in [0.25, 0.3) is 0 Å². The average molecular weight is 281 g/mol. The molecule has 0 aromatic heterocycles. The fourth-order valence-corrected chi connectivity index (χ4v) is 2.56. The molecule has 2 nitrogen and oxygen atoms in total. The molecular weight excluding hydrogens is 254 g/mol. The SMILES string of the molecule is CCCOc1ccc(C(C)NC(C)CCSC)cc1. The number of thioether (sulfide) groups is 1. The van der Waals surface area contributed by atoms with Crippen LogP contribution in [0.15, 0.2) is 24.3 Å². The van der Waals surface area contributed by atoms with E-state index in [0.717, 1.165) is 18.8 Å². The van der Waals surface area contributed by atoms with E-state index in [4.69, 9.17) is 4.74 Å². The zero-order valence-electron chi connectivity index (χ0n) is 12.6. The summed E-state index contributed by atoms with van der Waals surface area (Å²) >= 11 is 1.91. The summed E-state index contributed by atoms with van der Waals surface area (Å²) in [6, 6.07) is 9.38. The zero-order valence-corrected chi connectivity index (χ0v) is 13.4. The first-order chi connectivity index (χ1) is 9.17. The molecular formula is C16H27NOS. The largest absolute Gasteiger partial charge is 0.494 e. The molecule has 1 aromatic carbocycles. The molecule has 0 aliphatic heterocycles. The van der Waals surface area contributed by atoms with E-state index in [1.165, 1.54) is 17.7 Å². The topological polar surface area (TPSA) is 21.3 Å². The van der Waals surface area contributed by atoms with Crippen LogP contribution in [0.5, 0.6) is 5.75 Å². The van der Waals surface area contributed by atoms with Crippen LogP contribution in [0, 0.1) is 0 Å². The van der Waals surface area contributed by atoms with Crippen molar-refractivity contribution in [2.24, 2.45) is 0 Å². The van der Waals surface area contributed by atoms with Crippen molar-refractivity contribution in [2.75, 3.05) is 18.6 Å². The van der Waals surface area contributed by atoms with Crippen molar-refractivity contribution < 1.29 is 4.74 Å². The fraction of sp³-hybridized carbons (Fsp3) is 0.625. The number of benzene rings is 1. The molecule has 0 heterocycles. The van der Waals surface area contributed by atoms with Crippen molar-refractivity contribution in [3.63, 3.8) is 0 Å². The first-order valence-electron chi connectivity index (χ1n) is 7.15. The molecule has 2 atom stereocenters. The first-order valence-corrected chi connectivity index (χ1v) is 8.54. The molecule has 1 N–H and O–H groups in total. The van der Waals surface area contributed by atoms with Crippen molar-refractivity contribution in [1.82, 2.24) is 5.32 Å². The maximum atomic E-state index is 5.60. The summed E-state index contributed by atoms with van der Waals surface area (Å²) in [5.41, 5.74) is 1.32. The molecule has 2 unspecified atom stereocenters. The second kappa shape index (κ2) is 9.27. The van der Waals surface area contributed by atoms with Gasteiger partial charge >= 0.3 is 0 Å². The third kappa shape index (κ3) is 6.35. The summed E-state index contributed by atoms with van der Waals surface area (Å²) in [6.07, 6.45) is 4.42. The van der Waals surface area contributed by atoms with Gasteiger partial charge in [0.25, 0.3) is 0 Å². The molecule has 0 fully saturated rings. The quantitative estimate of drug-likeness (QED) is 0.730. The van der Waals surface area contributed by atoms with E-state index in [9.17, 15) is 0 Å². The van der Waals surface area contributed by atoms with Gasteiger partial charge in [0.05, 0.1) is 6.61 Å². The van der Waals surface area contributed by atoms with Crippen LogP contribution in [0.2, 0.25) is 0 Å². The minimum Gasteiger partial charge on any atom is -0.494 e. The lowest BCUT2D eigenvalue weighted by molar-refractivity contribution is 0.317. The molecule has 0 aliphatic rings.